The Morgan fingerprint density at radius 2 is 2.00 bits per heavy atom. The number of aliphatic hydroxyl groups excluding tert-OH is 1. The van der Waals surface area contributed by atoms with Gasteiger partial charge in [-0.1, -0.05) is 0 Å². The molecule has 2 fully saturated rings. The molecule has 4 aromatic rings. The van der Waals surface area contributed by atoms with E-state index in [0.29, 0.717) is 24.6 Å². The Morgan fingerprint density at radius 3 is 2.72 bits per heavy atom. The lowest BCUT2D eigenvalue weighted by Gasteiger charge is -2.36. The number of ether oxygens (including phenoxy) is 1. The summed E-state index contributed by atoms with van der Waals surface area (Å²) in [5, 5.41) is 17.7. The van der Waals surface area contributed by atoms with Gasteiger partial charge in [-0.15, -0.1) is 0 Å². The largest absolute Gasteiger partial charge is 0.464 e. The Morgan fingerprint density at radius 1 is 1.11 bits per heavy atom. The van der Waals surface area contributed by atoms with Crippen LogP contribution in [0.25, 0.3) is 22.2 Å². The van der Waals surface area contributed by atoms with Gasteiger partial charge in [0.1, 0.15) is 17.4 Å². The standard InChI is InChI=1S/C27H29N5O4/c33-24-9-14-32(27(24)34)20-7-12-31(13-8-20)11-6-19-17-35-25-15-21(2-3-22(19)25)36-26-4-1-18(16-28-26)23-5-10-29-30-23/h1-5,10,15-17,20,24,33H,6-9,11-14H2,(H,29,30)/t24-/m0/s1. The van der Waals surface area contributed by atoms with E-state index in [1.54, 1.807) is 12.4 Å². The number of aromatic amines is 1. The van der Waals surface area contributed by atoms with Crippen molar-refractivity contribution >= 4 is 16.9 Å². The number of amides is 1. The lowest BCUT2D eigenvalue weighted by Crippen LogP contribution is -2.46. The average molecular weight is 488 g/mol. The Hall–Kier alpha value is -3.69. The zero-order valence-corrected chi connectivity index (χ0v) is 20.0. The summed E-state index contributed by atoms with van der Waals surface area (Å²) in [5.41, 5.74) is 3.82. The summed E-state index contributed by atoms with van der Waals surface area (Å²) in [4.78, 5) is 20.8. The fraction of sp³-hybridized carbons (Fsp3) is 0.370. The number of hydrogen-bond donors (Lipinski definition) is 2. The van der Waals surface area contributed by atoms with Crippen molar-refractivity contribution in [1.29, 1.82) is 0 Å². The predicted molar refractivity (Wildman–Crippen MR) is 134 cm³/mol. The first kappa shape index (κ1) is 22.8. The quantitative estimate of drug-likeness (QED) is 0.410. The van der Waals surface area contributed by atoms with Crippen LogP contribution in [-0.4, -0.2) is 74.3 Å². The Labute approximate surface area is 208 Å². The summed E-state index contributed by atoms with van der Waals surface area (Å²) in [6.45, 7) is 3.56. The second kappa shape index (κ2) is 9.75. The zero-order chi connectivity index (χ0) is 24.5. The van der Waals surface area contributed by atoms with Crippen LogP contribution >= 0.6 is 0 Å². The number of aliphatic hydroxyl groups is 1. The third-order valence-corrected chi connectivity index (χ3v) is 7.30. The maximum absolute atomic E-state index is 12.1. The van der Waals surface area contributed by atoms with Gasteiger partial charge >= 0.3 is 0 Å². The van der Waals surface area contributed by atoms with Crippen LogP contribution in [0.3, 0.4) is 0 Å². The molecule has 0 saturated carbocycles. The minimum absolute atomic E-state index is 0.0939. The van der Waals surface area contributed by atoms with E-state index in [2.05, 4.69) is 20.1 Å². The number of aromatic nitrogens is 3. The van der Waals surface area contributed by atoms with Crippen molar-refractivity contribution in [3.05, 3.63) is 60.6 Å². The average Bonchev–Trinajstić information content (AvgIpc) is 3.65. The maximum atomic E-state index is 12.1. The number of likely N-dealkylation sites (tertiary alicyclic amines) is 2. The molecule has 0 radical (unpaired) electrons. The molecule has 3 aromatic heterocycles. The smallest absolute Gasteiger partial charge is 0.251 e. The molecule has 2 aliphatic heterocycles. The molecule has 6 rings (SSSR count). The third-order valence-electron chi connectivity index (χ3n) is 7.30. The molecular weight excluding hydrogens is 458 g/mol. The lowest BCUT2D eigenvalue weighted by molar-refractivity contribution is -0.137. The van der Waals surface area contributed by atoms with Gasteiger partial charge in [-0.3, -0.25) is 9.89 Å². The van der Waals surface area contributed by atoms with Crippen molar-refractivity contribution in [3.63, 3.8) is 0 Å². The summed E-state index contributed by atoms with van der Waals surface area (Å²) in [6.07, 6.45) is 7.88. The number of furan rings is 1. The number of hydrogen-bond acceptors (Lipinski definition) is 7. The van der Waals surface area contributed by atoms with Gasteiger partial charge in [-0.25, -0.2) is 4.98 Å². The predicted octanol–water partition coefficient (Wildman–Crippen LogP) is 3.61. The fourth-order valence-electron chi connectivity index (χ4n) is 5.24. The molecule has 9 heteroatoms. The van der Waals surface area contributed by atoms with E-state index in [1.165, 1.54) is 5.56 Å². The minimum Gasteiger partial charge on any atom is -0.464 e. The third kappa shape index (κ3) is 4.59. The molecule has 1 atom stereocenters. The van der Waals surface area contributed by atoms with Crippen molar-refractivity contribution in [2.24, 2.45) is 0 Å². The van der Waals surface area contributed by atoms with Crippen LogP contribution in [0.2, 0.25) is 0 Å². The molecule has 1 aromatic carbocycles. The van der Waals surface area contributed by atoms with Crippen LogP contribution in [0.4, 0.5) is 0 Å². The first-order valence-corrected chi connectivity index (χ1v) is 12.5. The summed E-state index contributed by atoms with van der Waals surface area (Å²) in [6, 6.07) is 11.8. The van der Waals surface area contributed by atoms with Crippen LogP contribution < -0.4 is 4.74 Å². The summed E-state index contributed by atoms with van der Waals surface area (Å²) in [5.74, 6) is 1.09. The highest BCUT2D eigenvalue weighted by atomic mass is 16.5. The topological polar surface area (TPSA) is 108 Å². The molecule has 0 unspecified atom stereocenters. The number of carbonyl (C=O) groups is 1. The maximum Gasteiger partial charge on any atom is 0.251 e. The molecule has 0 spiro atoms. The zero-order valence-electron chi connectivity index (χ0n) is 20.0. The number of piperidine rings is 1. The molecule has 5 heterocycles. The summed E-state index contributed by atoms with van der Waals surface area (Å²) in [7, 11) is 0. The molecule has 2 N–H and O–H groups in total. The van der Waals surface area contributed by atoms with Gasteiger partial charge in [0.25, 0.3) is 5.91 Å². The minimum atomic E-state index is -0.798. The molecule has 1 amide bonds. The molecule has 9 nitrogen and oxygen atoms in total. The second-order valence-corrected chi connectivity index (χ2v) is 9.54. The van der Waals surface area contributed by atoms with E-state index < -0.39 is 6.10 Å². The number of benzene rings is 1. The number of fused-ring (bicyclic) bond motifs is 1. The molecular formula is C27H29N5O4. The van der Waals surface area contributed by atoms with Gasteiger partial charge in [-0.2, -0.15) is 5.10 Å². The molecule has 186 valence electrons. The normalized spacial score (nSPS) is 19.4. The number of pyridine rings is 1. The monoisotopic (exact) mass is 487 g/mol. The van der Waals surface area contributed by atoms with E-state index >= 15 is 0 Å². The van der Waals surface area contributed by atoms with Crippen LogP contribution in [0, 0.1) is 0 Å². The molecule has 2 saturated heterocycles. The SMILES string of the molecule is O=C1[C@@H](O)CCN1C1CCN(CCc2coc3cc(Oc4ccc(-c5ccn[nH]5)cn4)ccc23)CC1. The number of nitrogens with zero attached hydrogens (tertiary/aromatic N) is 4. The van der Waals surface area contributed by atoms with Gasteiger partial charge < -0.3 is 24.1 Å². The fourth-order valence-corrected chi connectivity index (χ4v) is 5.24. The van der Waals surface area contributed by atoms with E-state index in [-0.39, 0.29) is 11.9 Å². The first-order valence-electron chi connectivity index (χ1n) is 12.5. The Bertz CT molecular complexity index is 1330. The number of H-pyrrole nitrogens is 1. The highest BCUT2D eigenvalue weighted by molar-refractivity contribution is 5.83. The Kier molecular flexibility index (Phi) is 6.16. The molecule has 2 aliphatic rings. The highest BCUT2D eigenvalue weighted by Crippen LogP contribution is 2.29. The van der Waals surface area contributed by atoms with Crippen molar-refractivity contribution in [2.75, 3.05) is 26.2 Å². The van der Waals surface area contributed by atoms with Gasteiger partial charge in [0, 0.05) is 67.7 Å². The van der Waals surface area contributed by atoms with Crippen LogP contribution in [-0.2, 0) is 11.2 Å². The van der Waals surface area contributed by atoms with Crippen LogP contribution in [0.15, 0.2) is 59.5 Å². The van der Waals surface area contributed by atoms with Crippen molar-refractivity contribution in [3.8, 4) is 22.9 Å². The van der Waals surface area contributed by atoms with Crippen LogP contribution in [0.5, 0.6) is 11.6 Å². The molecule has 0 bridgehead atoms. The van der Waals surface area contributed by atoms with Gasteiger partial charge in [-0.05, 0) is 55.5 Å². The molecule has 0 aliphatic carbocycles. The van der Waals surface area contributed by atoms with Gasteiger partial charge in [0.2, 0.25) is 5.88 Å². The van der Waals surface area contributed by atoms with Crippen molar-refractivity contribution in [1.82, 2.24) is 25.0 Å². The summed E-state index contributed by atoms with van der Waals surface area (Å²) < 4.78 is 11.8. The number of nitrogens with one attached hydrogen (secondary N) is 1. The number of rotatable bonds is 7. The van der Waals surface area contributed by atoms with E-state index in [0.717, 1.165) is 61.1 Å². The second-order valence-electron chi connectivity index (χ2n) is 9.54. The van der Waals surface area contributed by atoms with Gasteiger partial charge in [0.05, 0.1) is 12.0 Å². The number of carbonyl (C=O) groups excluding carboxylic acids is 1. The lowest BCUT2D eigenvalue weighted by atomic mass is 10.0. The van der Waals surface area contributed by atoms with Crippen LogP contribution in [0.1, 0.15) is 24.8 Å². The van der Waals surface area contributed by atoms with Crippen molar-refractivity contribution in [2.45, 2.75) is 37.8 Å². The summed E-state index contributed by atoms with van der Waals surface area (Å²) >= 11 is 0. The highest BCUT2D eigenvalue weighted by Gasteiger charge is 2.35. The first-order chi connectivity index (χ1) is 17.6. The van der Waals surface area contributed by atoms with E-state index in [9.17, 15) is 9.90 Å². The van der Waals surface area contributed by atoms with E-state index in [4.69, 9.17) is 9.15 Å². The Balaban J connectivity index is 1.04. The molecule has 36 heavy (non-hydrogen) atoms. The van der Waals surface area contributed by atoms with Crippen molar-refractivity contribution < 1.29 is 19.1 Å². The van der Waals surface area contributed by atoms with E-state index in [1.807, 2.05) is 47.6 Å². The van der Waals surface area contributed by atoms with Gasteiger partial charge in [0.15, 0.2) is 0 Å².